The number of rotatable bonds is 5. The maximum absolute atomic E-state index is 12.2. The minimum absolute atomic E-state index is 0.00296. The SMILES string of the molecule is CC(C)(CCO)NC(=O)Nc1cccc(Cl)c1-n1cccn1. The fourth-order valence-corrected chi connectivity index (χ4v) is 2.31. The molecule has 2 amide bonds. The lowest BCUT2D eigenvalue weighted by Gasteiger charge is -2.25. The molecule has 0 fully saturated rings. The third-order valence-electron chi connectivity index (χ3n) is 3.16. The zero-order chi connectivity index (χ0) is 16.2. The fraction of sp³-hybridized carbons (Fsp3) is 0.333. The average Bonchev–Trinajstić information content (AvgIpc) is 2.91. The molecular formula is C15H19ClN4O2. The smallest absolute Gasteiger partial charge is 0.319 e. The van der Waals surface area contributed by atoms with E-state index in [0.717, 1.165) is 0 Å². The van der Waals surface area contributed by atoms with Crippen molar-refractivity contribution in [3.63, 3.8) is 0 Å². The second-order valence-electron chi connectivity index (χ2n) is 5.52. The Balaban J connectivity index is 2.20. The first-order valence-corrected chi connectivity index (χ1v) is 7.29. The Morgan fingerprint density at radius 3 is 2.82 bits per heavy atom. The molecule has 0 aliphatic rings. The Morgan fingerprint density at radius 1 is 1.41 bits per heavy atom. The van der Waals surface area contributed by atoms with E-state index in [1.165, 1.54) is 0 Å². The predicted molar refractivity (Wildman–Crippen MR) is 86.5 cm³/mol. The lowest BCUT2D eigenvalue weighted by molar-refractivity contribution is 0.218. The van der Waals surface area contributed by atoms with Crippen molar-refractivity contribution in [2.45, 2.75) is 25.8 Å². The molecule has 0 aliphatic carbocycles. The zero-order valence-corrected chi connectivity index (χ0v) is 13.3. The maximum atomic E-state index is 12.2. The summed E-state index contributed by atoms with van der Waals surface area (Å²) in [5.41, 5.74) is 0.640. The number of aliphatic hydroxyl groups excluding tert-OH is 1. The molecule has 6 nitrogen and oxygen atoms in total. The minimum atomic E-state index is -0.511. The largest absolute Gasteiger partial charge is 0.396 e. The Labute approximate surface area is 134 Å². The predicted octanol–water partition coefficient (Wildman–Crippen LogP) is 2.81. The van der Waals surface area contributed by atoms with E-state index in [4.69, 9.17) is 16.7 Å². The van der Waals surface area contributed by atoms with E-state index in [1.54, 1.807) is 41.3 Å². The van der Waals surface area contributed by atoms with Crippen LogP contribution in [-0.2, 0) is 0 Å². The lowest BCUT2D eigenvalue weighted by atomic mass is 10.0. The van der Waals surface area contributed by atoms with E-state index in [1.807, 2.05) is 13.8 Å². The van der Waals surface area contributed by atoms with Gasteiger partial charge in [-0.15, -0.1) is 0 Å². The summed E-state index contributed by atoms with van der Waals surface area (Å²) in [6.45, 7) is 3.69. The quantitative estimate of drug-likeness (QED) is 0.792. The van der Waals surface area contributed by atoms with Gasteiger partial charge in [0.15, 0.2) is 0 Å². The van der Waals surface area contributed by atoms with Crippen LogP contribution in [0.2, 0.25) is 5.02 Å². The van der Waals surface area contributed by atoms with Crippen LogP contribution < -0.4 is 10.6 Å². The van der Waals surface area contributed by atoms with E-state index < -0.39 is 5.54 Å². The molecule has 3 N–H and O–H groups in total. The van der Waals surface area contributed by atoms with Crippen LogP contribution in [0, 0.1) is 0 Å². The molecule has 0 saturated heterocycles. The van der Waals surface area contributed by atoms with E-state index in [0.29, 0.717) is 22.8 Å². The molecule has 0 bridgehead atoms. The van der Waals surface area contributed by atoms with E-state index in [-0.39, 0.29) is 12.6 Å². The van der Waals surface area contributed by atoms with Crippen molar-refractivity contribution in [1.29, 1.82) is 0 Å². The van der Waals surface area contributed by atoms with Crippen LogP contribution in [-0.4, -0.2) is 33.1 Å². The van der Waals surface area contributed by atoms with Crippen LogP contribution >= 0.6 is 11.6 Å². The van der Waals surface area contributed by atoms with E-state index in [2.05, 4.69) is 15.7 Å². The second kappa shape index (κ2) is 6.81. The summed E-state index contributed by atoms with van der Waals surface area (Å²) in [5.74, 6) is 0. The summed E-state index contributed by atoms with van der Waals surface area (Å²) in [6, 6.07) is 6.65. The molecule has 2 aromatic rings. The Bertz CT molecular complexity index is 641. The first kappa shape index (κ1) is 16.3. The zero-order valence-electron chi connectivity index (χ0n) is 12.5. The number of hydrogen-bond acceptors (Lipinski definition) is 3. The highest BCUT2D eigenvalue weighted by molar-refractivity contribution is 6.33. The Hall–Kier alpha value is -2.05. The molecule has 0 aliphatic heterocycles. The minimum Gasteiger partial charge on any atom is -0.396 e. The molecule has 0 spiro atoms. The third-order valence-corrected chi connectivity index (χ3v) is 3.46. The van der Waals surface area contributed by atoms with Crippen LogP contribution in [0.3, 0.4) is 0 Å². The number of halogens is 1. The number of nitrogens with one attached hydrogen (secondary N) is 2. The standard InChI is InChI=1S/C15H19ClN4O2/c1-15(2,7-10-21)19-14(22)18-12-6-3-5-11(16)13(12)20-9-4-8-17-20/h3-6,8-9,21H,7,10H2,1-2H3,(H2,18,19,22). The number of amides is 2. The Morgan fingerprint density at radius 2 is 2.18 bits per heavy atom. The van der Waals surface area contributed by atoms with E-state index >= 15 is 0 Å². The number of nitrogens with zero attached hydrogens (tertiary/aromatic N) is 2. The number of aliphatic hydroxyl groups is 1. The molecule has 1 aromatic carbocycles. The van der Waals surface area contributed by atoms with Gasteiger partial charge in [-0.3, -0.25) is 0 Å². The van der Waals surface area contributed by atoms with Crippen molar-refractivity contribution >= 4 is 23.3 Å². The van der Waals surface area contributed by atoms with Crippen molar-refractivity contribution in [2.24, 2.45) is 0 Å². The van der Waals surface area contributed by atoms with Gasteiger partial charge in [0, 0.05) is 24.5 Å². The number of carbonyl (C=O) groups is 1. The summed E-state index contributed by atoms with van der Waals surface area (Å²) < 4.78 is 1.59. The number of urea groups is 1. The highest BCUT2D eigenvalue weighted by Crippen LogP contribution is 2.28. The summed E-state index contributed by atoms with van der Waals surface area (Å²) in [4.78, 5) is 12.2. The average molecular weight is 323 g/mol. The summed E-state index contributed by atoms with van der Waals surface area (Å²) >= 11 is 6.22. The lowest BCUT2D eigenvalue weighted by Crippen LogP contribution is -2.46. The first-order chi connectivity index (χ1) is 10.4. The normalized spacial score (nSPS) is 11.3. The van der Waals surface area contributed by atoms with Crippen LogP contribution in [0.15, 0.2) is 36.7 Å². The fourth-order valence-electron chi connectivity index (χ4n) is 2.05. The van der Waals surface area contributed by atoms with Crippen molar-refractivity contribution in [3.8, 4) is 5.69 Å². The molecule has 22 heavy (non-hydrogen) atoms. The number of aromatic nitrogens is 2. The van der Waals surface area contributed by atoms with Gasteiger partial charge in [0.25, 0.3) is 0 Å². The summed E-state index contributed by atoms with van der Waals surface area (Å²) in [5, 5.41) is 19.2. The van der Waals surface area contributed by atoms with E-state index in [9.17, 15) is 4.79 Å². The maximum Gasteiger partial charge on any atom is 0.319 e. The van der Waals surface area contributed by atoms with Gasteiger partial charge in [-0.05, 0) is 38.5 Å². The van der Waals surface area contributed by atoms with Crippen LogP contribution in [0.4, 0.5) is 10.5 Å². The van der Waals surface area contributed by atoms with Gasteiger partial charge in [0.1, 0.15) is 5.69 Å². The summed E-state index contributed by atoms with van der Waals surface area (Å²) in [6.07, 6.45) is 3.85. The van der Waals surface area contributed by atoms with Crippen LogP contribution in [0.5, 0.6) is 0 Å². The molecule has 1 heterocycles. The molecule has 0 radical (unpaired) electrons. The highest BCUT2D eigenvalue weighted by atomic mass is 35.5. The highest BCUT2D eigenvalue weighted by Gasteiger charge is 2.20. The van der Waals surface area contributed by atoms with Gasteiger partial charge in [-0.1, -0.05) is 17.7 Å². The Kier molecular flexibility index (Phi) is 5.05. The molecule has 0 unspecified atom stereocenters. The molecule has 1 aromatic heterocycles. The number of anilines is 1. The third kappa shape index (κ3) is 3.99. The van der Waals surface area contributed by atoms with Crippen molar-refractivity contribution in [2.75, 3.05) is 11.9 Å². The molecule has 7 heteroatoms. The van der Waals surface area contributed by atoms with Crippen molar-refractivity contribution < 1.29 is 9.90 Å². The topological polar surface area (TPSA) is 79.2 Å². The molecule has 0 saturated carbocycles. The van der Waals surface area contributed by atoms with Gasteiger partial charge < -0.3 is 15.7 Å². The van der Waals surface area contributed by atoms with Gasteiger partial charge in [-0.25, -0.2) is 9.48 Å². The molecular weight excluding hydrogens is 304 g/mol. The number of benzene rings is 1. The first-order valence-electron chi connectivity index (χ1n) is 6.91. The van der Waals surface area contributed by atoms with Gasteiger partial charge >= 0.3 is 6.03 Å². The van der Waals surface area contributed by atoms with Crippen molar-refractivity contribution in [3.05, 3.63) is 41.7 Å². The van der Waals surface area contributed by atoms with Crippen LogP contribution in [0.25, 0.3) is 5.69 Å². The molecule has 118 valence electrons. The summed E-state index contributed by atoms with van der Waals surface area (Å²) in [7, 11) is 0. The second-order valence-corrected chi connectivity index (χ2v) is 5.93. The van der Waals surface area contributed by atoms with Crippen LogP contribution in [0.1, 0.15) is 20.3 Å². The van der Waals surface area contributed by atoms with Gasteiger partial charge in [0.2, 0.25) is 0 Å². The molecule has 2 rings (SSSR count). The monoisotopic (exact) mass is 322 g/mol. The number of carbonyl (C=O) groups excluding carboxylic acids is 1. The number of hydrogen-bond donors (Lipinski definition) is 3. The van der Waals surface area contributed by atoms with Gasteiger partial charge in [-0.2, -0.15) is 5.10 Å². The number of para-hydroxylation sites is 1. The van der Waals surface area contributed by atoms with Crippen molar-refractivity contribution in [1.82, 2.24) is 15.1 Å². The van der Waals surface area contributed by atoms with Gasteiger partial charge in [0.05, 0.1) is 10.7 Å². The molecule has 0 atom stereocenters.